The predicted molar refractivity (Wildman–Crippen MR) is 103 cm³/mol. The van der Waals surface area contributed by atoms with Crippen LogP contribution in [0.1, 0.15) is 42.3 Å². The van der Waals surface area contributed by atoms with E-state index in [1.165, 1.54) is 18.2 Å². The summed E-state index contributed by atoms with van der Waals surface area (Å²) in [4.78, 5) is 34.3. The molecule has 0 atom stereocenters. The highest BCUT2D eigenvalue weighted by atomic mass is 16.6. The molecule has 2 amide bonds. The third-order valence-corrected chi connectivity index (χ3v) is 3.86. The lowest BCUT2D eigenvalue weighted by atomic mass is 9.87. The normalized spacial score (nSPS) is 11.2. The Hall–Kier alpha value is -3.48. The lowest BCUT2D eigenvalue weighted by Gasteiger charge is -2.19. The van der Waals surface area contributed by atoms with Crippen LogP contribution >= 0.6 is 0 Å². The Bertz CT molecular complexity index is 881. The highest BCUT2D eigenvalue weighted by molar-refractivity contribution is 5.98. The molecule has 0 saturated heterocycles. The van der Waals surface area contributed by atoms with Gasteiger partial charge in [-0.2, -0.15) is 0 Å². The van der Waals surface area contributed by atoms with E-state index in [1.54, 1.807) is 24.3 Å². The standard InChI is InChI=1S/C20H21N3O4/c1-20(2,3)16-11-8-15(9-12-16)19(25)22-21-18(24)13-10-14-6-4-5-7-17(14)23(26)27/h4-13H,1-3H3,(H,21,24)(H,22,25)/b13-10+. The van der Waals surface area contributed by atoms with Crippen LogP contribution in [0.25, 0.3) is 6.08 Å². The Labute approximate surface area is 157 Å². The van der Waals surface area contributed by atoms with Crippen LogP contribution < -0.4 is 10.9 Å². The van der Waals surface area contributed by atoms with Crippen LogP contribution in [0.4, 0.5) is 5.69 Å². The maximum Gasteiger partial charge on any atom is 0.276 e. The van der Waals surface area contributed by atoms with Crippen molar-refractivity contribution < 1.29 is 14.5 Å². The molecule has 2 rings (SSSR count). The van der Waals surface area contributed by atoms with Gasteiger partial charge in [0.1, 0.15) is 0 Å². The van der Waals surface area contributed by atoms with Crippen molar-refractivity contribution in [3.05, 3.63) is 81.4 Å². The Morgan fingerprint density at radius 1 is 1.00 bits per heavy atom. The zero-order valence-corrected chi connectivity index (χ0v) is 15.4. The van der Waals surface area contributed by atoms with Crippen molar-refractivity contribution in [2.45, 2.75) is 26.2 Å². The van der Waals surface area contributed by atoms with Crippen LogP contribution in [0.3, 0.4) is 0 Å². The Kier molecular flexibility index (Phi) is 6.07. The van der Waals surface area contributed by atoms with Gasteiger partial charge in [0, 0.05) is 17.7 Å². The molecule has 0 saturated carbocycles. The third-order valence-electron chi connectivity index (χ3n) is 3.86. The molecule has 2 N–H and O–H groups in total. The molecular formula is C20H21N3O4. The predicted octanol–water partition coefficient (Wildman–Crippen LogP) is 3.37. The van der Waals surface area contributed by atoms with Crippen molar-refractivity contribution in [3.8, 4) is 0 Å². The van der Waals surface area contributed by atoms with Crippen molar-refractivity contribution in [1.82, 2.24) is 10.9 Å². The summed E-state index contributed by atoms with van der Waals surface area (Å²) >= 11 is 0. The number of hydrazine groups is 1. The molecule has 0 bridgehead atoms. The van der Waals surface area contributed by atoms with E-state index in [9.17, 15) is 19.7 Å². The maximum absolute atomic E-state index is 12.1. The average molecular weight is 367 g/mol. The van der Waals surface area contributed by atoms with Gasteiger partial charge >= 0.3 is 0 Å². The van der Waals surface area contributed by atoms with Gasteiger partial charge in [-0.15, -0.1) is 0 Å². The number of hydrogen-bond donors (Lipinski definition) is 2. The molecule has 0 aliphatic carbocycles. The Balaban J connectivity index is 1.95. The van der Waals surface area contributed by atoms with Gasteiger partial charge < -0.3 is 0 Å². The van der Waals surface area contributed by atoms with Crippen molar-refractivity contribution >= 4 is 23.6 Å². The highest BCUT2D eigenvalue weighted by Crippen LogP contribution is 2.22. The number of nitrogens with zero attached hydrogens (tertiary/aromatic N) is 1. The number of nitrogens with one attached hydrogen (secondary N) is 2. The number of para-hydroxylation sites is 1. The van der Waals surface area contributed by atoms with Crippen LogP contribution in [0, 0.1) is 10.1 Å². The average Bonchev–Trinajstić information content (AvgIpc) is 2.64. The van der Waals surface area contributed by atoms with Gasteiger partial charge in [0.05, 0.1) is 10.5 Å². The molecule has 27 heavy (non-hydrogen) atoms. The molecule has 7 nitrogen and oxygen atoms in total. The largest absolute Gasteiger partial charge is 0.276 e. The van der Waals surface area contributed by atoms with Gasteiger partial charge in [-0.25, -0.2) is 0 Å². The monoisotopic (exact) mass is 367 g/mol. The smallest absolute Gasteiger partial charge is 0.268 e. The molecule has 140 valence electrons. The fourth-order valence-corrected chi connectivity index (χ4v) is 2.31. The first-order valence-corrected chi connectivity index (χ1v) is 8.31. The molecule has 0 aliphatic heterocycles. The second-order valence-corrected chi connectivity index (χ2v) is 6.92. The number of rotatable bonds is 4. The molecule has 0 unspecified atom stereocenters. The molecule has 0 radical (unpaired) electrons. The molecule has 0 spiro atoms. The van der Waals surface area contributed by atoms with Crippen molar-refractivity contribution in [3.63, 3.8) is 0 Å². The molecule has 2 aromatic carbocycles. The van der Waals surface area contributed by atoms with E-state index >= 15 is 0 Å². The molecular weight excluding hydrogens is 346 g/mol. The van der Waals surface area contributed by atoms with E-state index in [2.05, 4.69) is 31.6 Å². The minimum atomic E-state index is -0.604. The third kappa shape index (κ3) is 5.50. The first-order valence-electron chi connectivity index (χ1n) is 8.31. The number of carbonyl (C=O) groups is 2. The van der Waals surface area contributed by atoms with Crippen LogP contribution in [0.2, 0.25) is 0 Å². The fraction of sp³-hybridized carbons (Fsp3) is 0.200. The second-order valence-electron chi connectivity index (χ2n) is 6.92. The van der Waals surface area contributed by atoms with Crippen LogP contribution in [-0.4, -0.2) is 16.7 Å². The number of hydrogen-bond acceptors (Lipinski definition) is 4. The summed E-state index contributed by atoms with van der Waals surface area (Å²) in [5, 5.41) is 10.9. The number of nitro groups is 1. The van der Waals surface area contributed by atoms with Crippen LogP contribution in [-0.2, 0) is 10.2 Å². The maximum atomic E-state index is 12.1. The quantitative estimate of drug-likeness (QED) is 0.491. The van der Waals surface area contributed by atoms with E-state index in [-0.39, 0.29) is 11.1 Å². The van der Waals surface area contributed by atoms with E-state index < -0.39 is 16.7 Å². The number of carbonyl (C=O) groups excluding carboxylic acids is 2. The van der Waals surface area contributed by atoms with Gasteiger partial charge in [0.15, 0.2) is 0 Å². The second kappa shape index (κ2) is 8.27. The van der Waals surface area contributed by atoms with Crippen molar-refractivity contribution in [1.29, 1.82) is 0 Å². The lowest BCUT2D eigenvalue weighted by Crippen LogP contribution is -2.40. The number of nitro benzene ring substituents is 1. The summed E-state index contributed by atoms with van der Waals surface area (Å²) in [7, 11) is 0. The summed E-state index contributed by atoms with van der Waals surface area (Å²) < 4.78 is 0. The lowest BCUT2D eigenvalue weighted by molar-refractivity contribution is -0.385. The minimum absolute atomic E-state index is 0.0198. The Morgan fingerprint density at radius 2 is 1.63 bits per heavy atom. The van der Waals surface area contributed by atoms with E-state index in [4.69, 9.17) is 0 Å². The first kappa shape index (κ1) is 19.8. The molecule has 0 aliphatic rings. The van der Waals surface area contributed by atoms with Gasteiger partial charge in [-0.3, -0.25) is 30.6 Å². The minimum Gasteiger partial charge on any atom is -0.268 e. The van der Waals surface area contributed by atoms with E-state index in [1.807, 2.05) is 12.1 Å². The number of amides is 2. The fourth-order valence-electron chi connectivity index (χ4n) is 2.31. The van der Waals surface area contributed by atoms with E-state index in [0.717, 1.165) is 11.6 Å². The number of benzene rings is 2. The molecule has 2 aromatic rings. The summed E-state index contributed by atoms with van der Waals surface area (Å²) in [6.45, 7) is 6.23. The zero-order chi connectivity index (χ0) is 20.0. The zero-order valence-electron chi connectivity index (χ0n) is 15.4. The molecule has 0 heterocycles. The van der Waals surface area contributed by atoms with Gasteiger partial charge in [0.2, 0.25) is 0 Å². The van der Waals surface area contributed by atoms with Crippen LogP contribution in [0.5, 0.6) is 0 Å². The molecule has 0 aromatic heterocycles. The Morgan fingerprint density at radius 3 is 2.22 bits per heavy atom. The summed E-state index contributed by atoms with van der Waals surface area (Å²) in [5.41, 5.74) is 6.22. The topological polar surface area (TPSA) is 101 Å². The summed E-state index contributed by atoms with van der Waals surface area (Å²) in [6, 6.07) is 13.2. The van der Waals surface area contributed by atoms with Crippen molar-refractivity contribution in [2.75, 3.05) is 0 Å². The summed E-state index contributed by atoms with van der Waals surface area (Å²) in [6.07, 6.45) is 2.43. The van der Waals surface area contributed by atoms with Crippen molar-refractivity contribution in [2.24, 2.45) is 0 Å². The summed E-state index contributed by atoms with van der Waals surface area (Å²) in [5.74, 6) is -1.06. The molecule has 0 fully saturated rings. The SMILES string of the molecule is CC(C)(C)c1ccc(C(=O)NNC(=O)/C=C/c2ccccc2[N+](=O)[O-])cc1. The van der Waals surface area contributed by atoms with E-state index in [0.29, 0.717) is 11.1 Å². The van der Waals surface area contributed by atoms with Gasteiger partial charge in [-0.05, 0) is 35.3 Å². The van der Waals surface area contributed by atoms with Gasteiger partial charge in [0.25, 0.3) is 17.5 Å². The first-order chi connectivity index (χ1) is 12.7. The molecule has 7 heteroatoms. The highest BCUT2D eigenvalue weighted by Gasteiger charge is 2.14. The van der Waals surface area contributed by atoms with Crippen LogP contribution in [0.15, 0.2) is 54.6 Å². The van der Waals surface area contributed by atoms with Gasteiger partial charge in [-0.1, -0.05) is 45.0 Å².